The monoisotopic (exact) mass is 492 g/mol. The van der Waals surface area contributed by atoms with E-state index in [0.29, 0.717) is 51.4 Å². The number of hydrogen-bond donors (Lipinski definition) is 1. The van der Waals surface area contributed by atoms with Crippen LogP contribution in [0.25, 0.3) is 22.3 Å². The van der Waals surface area contributed by atoms with Gasteiger partial charge in [0, 0.05) is 58.0 Å². The molecule has 0 unspecified atom stereocenters. The number of aromatic nitrogens is 3. The number of methoxy groups -OCH3 is 1. The molecule has 0 atom stereocenters. The van der Waals surface area contributed by atoms with Crippen molar-refractivity contribution in [2.24, 2.45) is 0 Å². The highest BCUT2D eigenvalue weighted by Crippen LogP contribution is 2.29. The summed E-state index contributed by atoms with van der Waals surface area (Å²) in [5.41, 5.74) is 4.22. The summed E-state index contributed by atoms with van der Waals surface area (Å²) in [6.07, 6.45) is 2.55. The van der Waals surface area contributed by atoms with Crippen LogP contribution in [-0.4, -0.2) is 89.4 Å². The van der Waals surface area contributed by atoms with Crippen molar-refractivity contribution in [2.75, 3.05) is 53.0 Å². The van der Waals surface area contributed by atoms with Gasteiger partial charge in [0.05, 0.1) is 29.4 Å². The molecular formula is C27H36N6O3. The summed E-state index contributed by atoms with van der Waals surface area (Å²) in [6, 6.07) is 10.1. The van der Waals surface area contributed by atoms with Gasteiger partial charge in [-0.05, 0) is 38.8 Å². The van der Waals surface area contributed by atoms with Crippen molar-refractivity contribution in [1.29, 1.82) is 0 Å². The van der Waals surface area contributed by atoms with Crippen LogP contribution in [0, 0.1) is 6.92 Å². The van der Waals surface area contributed by atoms with Crippen molar-refractivity contribution in [1.82, 2.24) is 29.9 Å². The van der Waals surface area contributed by atoms with Crippen molar-refractivity contribution in [3.8, 4) is 11.3 Å². The largest absolute Gasteiger partial charge is 0.385 e. The van der Waals surface area contributed by atoms with Gasteiger partial charge in [-0.3, -0.25) is 14.5 Å². The first-order chi connectivity index (χ1) is 17.4. The maximum absolute atomic E-state index is 13.7. The van der Waals surface area contributed by atoms with Crippen molar-refractivity contribution in [2.45, 2.75) is 33.2 Å². The van der Waals surface area contributed by atoms with E-state index in [9.17, 15) is 9.59 Å². The Hall–Kier alpha value is -3.30. The lowest BCUT2D eigenvalue weighted by Gasteiger charge is -2.34. The molecule has 1 aliphatic rings. The topological polar surface area (TPSA) is 92.6 Å². The van der Waals surface area contributed by atoms with Crippen molar-refractivity contribution >= 4 is 22.8 Å². The lowest BCUT2D eigenvalue weighted by Crippen LogP contribution is -2.51. The second-order valence-corrected chi connectivity index (χ2v) is 9.55. The minimum absolute atomic E-state index is 0.00527. The smallest absolute Gasteiger partial charge is 0.254 e. The number of fused-ring (bicyclic) bond motifs is 1. The normalized spacial score (nSPS) is 14.5. The third-order valence-corrected chi connectivity index (χ3v) is 6.58. The Bertz CT molecular complexity index is 1210. The molecular weight excluding hydrogens is 456 g/mol. The fourth-order valence-electron chi connectivity index (χ4n) is 4.55. The first kappa shape index (κ1) is 25.8. The molecule has 1 fully saturated rings. The lowest BCUT2D eigenvalue weighted by atomic mass is 10.0. The van der Waals surface area contributed by atoms with Crippen molar-refractivity contribution < 1.29 is 14.3 Å². The Balaban J connectivity index is 1.51. The number of nitrogens with zero attached hydrogens (tertiary/aromatic N) is 5. The van der Waals surface area contributed by atoms with Gasteiger partial charge < -0.3 is 15.0 Å². The SMILES string of the molecule is COCCCNC(=O)CN1CCN(C(=O)c2cc(-c3ccccc3C)nc3c2cnn3C(C)C)CC1. The van der Waals surface area contributed by atoms with Crippen molar-refractivity contribution in [3.05, 3.63) is 47.7 Å². The predicted octanol–water partition coefficient (Wildman–Crippen LogP) is 2.90. The van der Waals surface area contributed by atoms with Crippen LogP contribution in [0.2, 0.25) is 0 Å². The van der Waals surface area contributed by atoms with Gasteiger partial charge in [-0.15, -0.1) is 0 Å². The van der Waals surface area contributed by atoms with Crippen LogP contribution in [0.5, 0.6) is 0 Å². The number of benzene rings is 1. The highest BCUT2D eigenvalue weighted by Gasteiger charge is 2.26. The maximum Gasteiger partial charge on any atom is 0.254 e. The summed E-state index contributed by atoms with van der Waals surface area (Å²) >= 11 is 0. The number of aryl methyl sites for hydroxylation is 1. The van der Waals surface area contributed by atoms with E-state index < -0.39 is 0 Å². The molecule has 9 nitrogen and oxygen atoms in total. The van der Waals surface area contributed by atoms with E-state index in [1.807, 2.05) is 33.8 Å². The molecule has 192 valence electrons. The van der Waals surface area contributed by atoms with Gasteiger partial charge in [0.1, 0.15) is 0 Å². The number of nitrogens with one attached hydrogen (secondary N) is 1. The number of amides is 2. The van der Waals surface area contributed by atoms with Gasteiger partial charge in [-0.2, -0.15) is 5.10 Å². The fourth-order valence-corrected chi connectivity index (χ4v) is 4.55. The summed E-state index contributed by atoms with van der Waals surface area (Å²) in [4.78, 5) is 34.9. The highest BCUT2D eigenvalue weighted by molar-refractivity contribution is 6.06. The molecule has 0 spiro atoms. The van der Waals surface area contributed by atoms with Gasteiger partial charge in [0.2, 0.25) is 5.91 Å². The number of hydrogen-bond acceptors (Lipinski definition) is 6. The summed E-state index contributed by atoms with van der Waals surface area (Å²) in [7, 11) is 1.65. The summed E-state index contributed by atoms with van der Waals surface area (Å²) < 4.78 is 6.89. The highest BCUT2D eigenvalue weighted by atomic mass is 16.5. The second-order valence-electron chi connectivity index (χ2n) is 9.55. The molecule has 1 aliphatic heterocycles. The maximum atomic E-state index is 13.7. The quantitative estimate of drug-likeness (QED) is 0.462. The average molecular weight is 493 g/mol. The predicted molar refractivity (Wildman–Crippen MR) is 140 cm³/mol. The van der Waals surface area contributed by atoms with E-state index in [2.05, 4.69) is 42.2 Å². The molecule has 0 radical (unpaired) electrons. The third-order valence-electron chi connectivity index (χ3n) is 6.58. The first-order valence-corrected chi connectivity index (χ1v) is 12.6. The zero-order chi connectivity index (χ0) is 25.7. The number of carbonyl (C=O) groups is 2. The molecule has 0 saturated carbocycles. The fraction of sp³-hybridized carbons (Fsp3) is 0.481. The van der Waals surface area contributed by atoms with Gasteiger partial charge >= 0.3 is 0 Å². The molecule has 3 heterocycles. The minimum atomic E-state index is -0.0239. The molecule has 9 heteroatoms. The standard InChI is InChI=1S/C27H36N6O3/c1-19(2)33-26-23(17-29-33)22(16-24(30-26)21-9-6-5-8-20(21)3)27(35)32-13-11-31(12-14-32)18-25(34)28-10-7-15-36-4/h5-6,8-9,16-17,19H,7,10-15,18H2,1-4H3,(H,28,34). The molecule has 0 aliphatic carbocycles. The van der Waals surface area contributed by atoms with Crippen LogP contribution >= 0.6 is 0 Å². The average Bonchev–Trinajstić information content (AvgIpc) is 3.31. The van der Waals surface area contributed by atoms with E-state index in [0.717, 1.165) is 34.3 Å². The number of piperazine rings is 1. The molecule has 1 N–H and O–H groups in total. The van der Waals surface area contributed by atoms with E-state index in [1.165, 1.54) is 0 Å². The first-order valence-electron chi connectivity index (χ1n) is 12.6. The molecule has 0 bridgehead atoms. The van der Waals surface area contributed by atoms with Gasteiger partial charge in [-0.25, -0.2) is 9.67 Å². The Morgan fingerprint density at radius 3 is 2.58 bits per heavy atom. The number of carbonyl (C=O) groups excluding carboxylic acids is 2. The van der Waals surface area contributed by atoms with E-state index in [1.54, 1.807) is 13.3 Å². The van der Waals surface area contributed by atoms with Crippen LogP contribution in [-0.2, 0) is 9.53 Å². The van der Waals surface area contributed by atoms with Gasteiger partial charge in [-0.1, -0.05) is 24.3 Å². The lowest BCUT2D eigenvalue weighted by molar-refractivity contribution is -0.122. The van der Waals surface area contributed by atoms with Crippen LogP contribution < -0.4 is 5.32 Å². The second kappa shape index (κ2) is 11.6. The molecule has 3 aromatic rings. The summed E-state index contributed by atoms with van der Waals surface area (Å²) in [5, 5.41) is 8.24. The number of rotatable bonds is 9. The van der Waals surface area contributed by atoms with E-state index >= 15 is 0 Å². The van der Waals surface area contributed by atoms with E-state index in [4.69, 9.17) is 9.72 Å². The Morgan fingerprint density at radius 1 is 1.14 bits per heavy atom. The van der Waals surface area contributed by atoms with Crippen LogP contribution in [0.4, 0.5) is 0 Å². The molecule has 1 saturated heterocycles. The number of pyridine rings is 1. The van der Waals surface area contributed by atoms with Gasteiger partial charge in [0.15, 0.2) is 5.65 Å². The van der Waals surface area contributed by atoms with Crippen LogP contribution in [0.3, 0.4) is 0 Å². The van der Waals surface area contributed by atoms with Crippen LogP contribution in [0.1, 0.15) is 42.2 Å². The molecule has 36 heavy (non-hydrogen) atoms. The zero-order valence-corrected chi connectivity index (χ0v) is 21.7. The molecule has 1 aromatic carbocycles. The summed E-state index contributed by atoms with van der Waals surface area (Å²) in [5.74, 6) is -0.0186. The van der Waals surface area contributed by atoms with Gasteiger partial charge in [0.25, 0.3) is 5.91 Å². The zero-order valence-electron chi connectivity index (χ0n) is 21.7. The molecule has 2 amide bonds. The minimum Gasteiger partial charge on any atom is -0.385 e. The van der Waals surface area contributed by atoms with Crippen LogP contribution in [0.15, 0.2) is 36.5 Å². The Labute approximate surface area is 212 Å². The van der Waals surface area contributed by atoms with Crippen molar-refractivity contribution in [3.63, 3.8) is 0 Å². The molecule has 4 rings (SSSR count). The number of ether oxygens (including phenoxy) is 1. The Morgan fingerprint density at radius 2 is 1.89 bits per heavy atom. The molecule has 2 aromatic heterocycles. The third kappa shape index (κ3) is 5.74. The van der Waals surface area contributed by atoms with E-state index in [-0.39, 0.29) is 17.9 Å². The summed E-state index contributed by atoms with van der Waals surface area (Å²) in [6.45, 7) is 10.2. The Kier molecular flexibility index (Phi) is 8.32.